The molecule has 0 bridgehead atoms. The third kappa shape index (κ3) is 5.09. The van der Waals surface area contributed by atoms with Gasteiger partial charge in [0, 0.05) is 5.56 Å². The average molecular weight is 495 g/mol. The minimum Gasteiger partial charge on any atom is -0.493 e. The van der Waals surface area contributed by atoms with E-state index in [4.69, 9.17) is 32.6 Å². The maximum Gasteiger partial charge on any atom is 0.342 e. The molecule has 0 spiro atoms. The summed E-state index contributed by atoms with van der Waals surface area (Å²) >= 11 is 0. The molecule has 188 valence electrons. The van der Waals surface area contributed by atoms with Gasteiger partial charge in [0.2, 0.25) is 11.6 Å². The van der Waals surface area contributed by atoms with Gasteiger partial charge in [0.05, 0.1) is 32.6 Å². The summed E-state index contributed by atoms with van der Waals surface area (Å²) < 4.78 is 38.1. The molecule has 36 heavy (non-hydrogen) atoms. The SMILES string of the molecule is COc1cc(-c2nnc(COC(=O)c3ccccc3OCc3c(C)noc3C)o2)cc(OC)c1OC. The summed E-state index contributed by atoms with van der Waals surface area (Å²) in [5.41, 5.74) is 2.36. The standard InChI is InChI=1S/C25H25N3O8/c1-14-18(15(2)36-28-14)12-33-19-9-7-6-8-17(19)25(29)34-13-22-26-27-24(35-22)16-10-20(30-3)23(32-5)21(11-16)31-4/h6-11H,12-13H2,1-5H3. The van der Waals surface area contributed by atoms with Crippen LogP contribution < -0.4 is 18.9 Å². The third-order valence-electron chi connectivity index (χ3n) is 5.37. The highest BCUT2D eigenvalue weighted by Crippen LogP contribution is 2.40. The van der Waals surface area contributed by atoms with Crippen molar-refractivity contribution in [3.63, 3.8) is 0 Å². The monoisotopic (exact) mass is 495 g/mol. The van der Waals surface area contributed by atoms with Crippen LogP contribution in [0.25, 0.3) is 11.5 Å². The van der Waals surface area contributed by atoms with Crippen LogP contribution in [-0.2, 0) is 18.0 Å². The highest BCUT2D eigenvalue weighted by atomic mass is 16.5. The topological polar surface area (TPSA) is 128 Å². The molecule has 4 aromatic rings. The fraction of sp³-hybridized carbons (Fsp3) is 0.280. The molecule has 2 aromatic heterocycles. The molecule has 0 radical (unpaired) electrons. The van der Waals surface area contributed by atoms with E-state index in [9.17, 15) is 4.79 Å². The van der Waals surface area contributed by atoms with Gasteiger partial charge in [-0.2, -0.15) is 0 Å². The summed E-state index contributed by atoms with van der Waals surface area (Å²) in [5.74, 6) is 2.05. The van der Waals surface area contributed by atoms with Crippen LogP contribution in [0, 0.1) is 13.8 Å². The highest BCUT2D eigenvalue weighted by molar-refractivity contribution is 5.92. The number of aromatic nitrogens is 3. The number of rotatable bonds is 10. The van der Waals surface area contributed by atoms with Crippen molar-refractivity contribution >= 4 is 5.97 Å². The number of benzene rings is 2. The number of ether oxygens (including phenoxy) is 5. The second-order valence-corrected chi connectivity index (χ2v) is 7.58. The lowest BCUT2D eigenvalue weighted by atomic mass is 10.2. The van der Waals surface area contributed by atoms with Gasteiger partial charge in [0.1, 0.15) is 23.7 Å². The number of hydrogen-bond acceptors (Lipinski definition) is 11. The minimum absolute atomic E-state index is 0.112. The van der Waals surface area contributed by atoms with Crippen LogP contribution in [0.4, 0.5) is 0 Å². The summed E-state index contributed by atoms with van der Waals surface area (Å²) in [6, 6.07) is 10.1. The summed E-state index contributed by atoms with van der Waals surface area (Å²) in [6.45, 7) is 3.60. The molecule has 11 nitrogen and oxygen atoms in total. The van der Waals surface area contributed by atoms with E-state index < -0.39 is 5.97 Å². The van der Waals surface area contributed by atoms with E-state index >= 15 is 0 Å². The molecular formula is C25H25N3O8. The number of aryl methyl sites for hydroxylation is 2. The van der Waals surface area contributed by atoms with Crippen LogP contribution in [-0.4, -0.2) is 42.7 Å². The Labute approximate surface area is 206 Å². The maximum atomic E-state index is 12.8. The molecular weight excluding hydrogens is 470 g/mol. The van der Waals surface area contributed by atoms with Gasteiger partial charge in [-0.25, -0.2) is 4.79 Å². The first-order valence-corrected chi connectivity index (χ1v) is 10.9. The Balaban J connectivity index is 1.45. The van der Waals surface area contributed by atoms with E-state index in [-0.39, 0.29) is 30.6 Å². The molecule has 0 aliphatic heterocycles. The molecule has 0 aliphatic rings. The number of hydrogen-bond donors (Lipinski definition) is 0. The largest absolute Gasteiger partial charge is 0.493 e. The second kappa shape index (κ2) is 10.8. The molecule has 11 heteroatoms. The Bertz CT molecular complexity index is 1320. The summed E-state index contributed by atoms with van der Waals surface area (Å²) in [4.78, 5) is 12.8. The van der Waals surface area contributed by atoms with Crippen LogP contribution in [0.2, 0.25) is 0 Å². The van der Waals surface area contributed by atoms with E-state index in [0.29, 0.717) is 34.3 Å². The maximum absolute atomic E-state index is 12.8. The Morgan fingerprint density at radius 2 is 1.64 bits per heavy atom. The van der Waals surface area contributed by atoms with Crippen molar-refractivity contribution in [2.45, 2.75) is 27.1 Å². The average Bonchev–Trinajstić information content (AvgIpc) is 3.51. The Morgan fingerprint density at radius 1 is 0.917 bits per heavy atom. The second-order valence-electron chi connectivity index (χ2n) is 7.58. The number of para-hydroxylation sites is 1. The molecule has 2 heterocycles. The Morgan fingerprint density at radius 3 is 2.28 bits per heavy atom. The van der Waals surface area contributed by atoms with Crippen LogP contribution in [0.1, 0.15) is 33.3 Å². The van der Waals surface area contributed by atoms with Crippen molar-refractivity contribution in [2.24, 2.45) is 0 Å². The molecule has 2 aromatic carbocycles. The Kier molecular flexibility index (Phi) is 7.38. The van der Waals surface area contributed by atoms with Gasteiger partial charge in [-0.1, -0.05) is 17.3 Å². The number of carbonyl (C=O) groups is 1. The predicted octanol–water partition coefficient (Wildman–Crippen LogP) is 4.30. The summed E-state index contributed by atoms with van der Waals surface area (Å²) in [7, 11) is 4.53. The highest BCUT2D eigenvalue weighted by Gasteiger charge is 2.20. The molecule has 0 saturated heterocycles. The van der Waals surface area contributed by atoms with Gasteiger partial charge in [0.25, 0.3) is 5.89 Å². The van der Waals surface area contributed by atoms with Crippen LogP contribution >= 0.6 is 0 Å². The first-order valence-electron chi connectivity index (χ1n) is 10.9. The van der Waals surface area contributed by atoms with E-state index in [1.807, 2.05) is 6.92 Å². The van der Waals surface area contributed by atoms with Crippen molar-refractivity contribution < 1.29 is 37.4 Å². The molecule has 0 atom stereocenters. The van der Waals surface area contributed by atoms with Crippen molar-refractivity contribution in [3.05, 3.63) is 64.9 Å². The van der Waals surface area contributed by atoms with E-state index in [1.54, 1.807) is 43.3 Å². The molecule has 0 N–H and O–H groups in total. The van der Waals surface area contributed by atoms with Gasteiger partial charge < -0.3 is 32.6 Å². The van der Waals surface area contributed by atoms with Gasteiger partial charge in [0.15, 0.2) is 18.1 Å². The molecule has 0 aliphatic carbocycles. The number of esters is 1. The molecule has 0 saturated carbocycles. The van der Waals surface area contributed by atoms with Crippen LogP contribution in [0.3, 0.4) is 0 Å². The lowest BCUT2D eigenvalue weighted by Gasteiger charge is -2.12. The zero-order chi connectivity index (χ0) is 25.7. The zero-order valence-corrected chi connectivity index (χ0v) is 20.5. The third-order valence-corrected chi connectivity index (χ3v) is 5.37. The van der Waals surface area contributed by atoms with Crippen molar-refractivity contribution in [1.29, 1.82) is 0 Å². The molecule has 0 fully saturated rings. The van der Waals surface area contributed by atoms with Gasteiger partial charge >= 0.3 is 5.97 Å². The van der Waals surface area contributed by atoms with Crippen LogP contribution in [0.5, 0.6) is 23.0 Å². The summed E-state index contributed by atoms with van der Waals surface area (Å²) in [5, 5.41) is 11.9. The minimum atomic E-state index is -0.600. The van der Waals surface area contributed by atoms with Crippen molar-refractivity contribution in [1.82, 2.24) is 15.4 Å². The van der Waals surface area contributed by atoms with E-state index in [2.05, 4.69) is 15.4 Å². The fourth-order valence-corrected chi connectivity index (χ4v) is 3.46. The number of nitrogens with zero attached hydrogens (tertiary/aromatic N) is 3. The quantitative estimate of drug-likeness (QED) is 0.292. The summed E-state index contributed by atoms with van der Waals surface area (Å²) in [6.07, 6.45) is 0. The normalized spacial score (nSPS) is 10.7. The lowest BCUT2D eigenvalue weighted by Crippen LogP contribution is -2.08. The first kappa shape index (κ1) is 24.6. The van der Waals surface area contributed by atoms with Crippen molar-refractivity contribution in [3.8, 4) is 34.5 Å². The van der Waals surface area contributed by atoms with E-state index in [1.165, 1.54) is 21.3 Å². The predicted molar refractivity (Wildman–Crippen MR) is 125 cm³/mol. The molecule has 0 unspecified atom stereocenters. The first-order chi connectivity index (χ1) is 17.4. The smallest absolute Gasteiger partial charge is 0.342 e. The van der Waals surface area contributed by atoms with Crippen LogP contribution in [0.15, 0.2) is 45.3 Å². The van der Waals surface area contributed by atoms with Gasteiger partial charge in [-0.05, 0) is 38.1 Å². The zero-order valence-electron chi connectivity index (χ0n) is 20.5. The number of carbonyl (C=O) groups excluding carboxylic acids is 1. The molecule has 0 amide bonds. The number of methoxy groups -OCH3 is 3. The Hall–Kier alpha value is -4.54. The van der Waals surface area contributed by atoms with Gasteiger partial charge in [-0.15, -0.1) is 10.2 Å². The van der Waals surface area contributed by atoms with Crippen molar-refractivity contribution in [2.75, 3.05) is 21.3 Å². The molecule has 4 rings (SSSR count). The van der Waals surface area contributed by atoms with E-state index in [0.717, 1.165) is 11.3 Å². The lowest BCUT2D eigenvalue weighted by molar-refractivity contribution is 0.0433. The van der Waals surface area contributed by atoms with Gasteiger partial charge in [-0.3, -0.25) is 0 Å². The fourth-order valence-electron chi connectivity index (χ4n) is 3.46.